The molecule has 0 aliphatic rings. The van der Waals surface area contributed by atoms with Crippen LogP contribution >= 0.6 is 0 Å². The lowest BCUT2D eigenvalue weighted by molar-refractivity contribution is 0.317. The Morgan fingerprint density at radius 3 is 2.50 bits per heavy atom. The van der Waals surface area contributed by atoms with Crippen molar-refractivity contribution in [1.29, 1.82) is 0 Å². The molecule has 0 unspecified atom stereocenters. The fourth-order valence-electron chi connectivity index (χ4n) is 1.93. The van der Waals surface area contributed by atoms with E-state index in [4.69, 9.17) is 4.74 Å². The van der Waals surface area contributed by atoms with Crippen LogP contribution in [0.15, 0.2) is 24.3 Å². The zero-order valence-corrected chi connectivity index (χ0v) is 11.9. The van der Waals surface area contributed by atoms with Gasteiger partial charge in [-0.15, -0.1) is 0 Å². The van der Waals surface area contributed by atoms with Gasteiger partial charge in [-0.25, -0.2) is 0 Å². The highest BCUT2D eigenvalue weighted by molar-refractivity contribution is 5.26. The first-order valence-electron chi connectivity index (χ1n) is 6.78. The van der Waals surface area contributed by atoms with E-state index in [1.807, 2.05) is 12.1 Å². The third kappa shape index (κ3) is 6.03. The van der Waals surface area contributed by atoms with Crippen LogP contribution in [0.1, 0.15) is 25.3 Å². The molecule has 1 aromatic rings. The number of methoxy groups -OCH3 is 1. The molecule has 0 atom stereocenters. The first-order valence-corrected chi connectivity index (χ1v) is 6.78. The van der Waals surface area contributed by atoms with Gasteiger partial charge in [-0.1, -0.05) is 19.1 Å². The Morgan fingerprint density at radius 1 is 1.17 bits per heavy atom. The van der Waals surface area contributed by atoms with Gasteiger partial charge in [0.1, 0.15) is 5.75 Å². The SMILES string of the molecule is CCNCCCCN(C)Cc1ccc(OC)cc1. The summed E-state index contributed by atoms with van der Waals surface area (Å²) in [5.74, 6) is 0.923. The summed E-state index contributed by atoms with van der Waals surface area (Å²) in [6, 6.07) is 8.31. The van der Waals surface area contributed by atoms with Gasteiger partial charge in [0.05, 0.1) is 7.11 Å². The van der Waals surface area contributed by atoms with Gasteiger partial charge in [-0.2, -0.15) is 0 Å². The Labute approximate surface area is 111 Å². The number of benzene rings is 1. The minimum absolute atomic E-state index is 0.923. The minimum Gasteiger partial charge on any atom is -0.497 e. The number of hydrogen-bond donors (Lipinski definition) is 1. The van der Waals surface area contributed by atoms with Crippen LogP contribution in [0, 0.1) is 0 Å². The molecule has 0 saturated heterocycles. The fraction of sp³-hybridized carbons (Fsp3) is 0.600. The lowest BCUT2D eigenvalue weighted by atomic mass is 10.2. The molecule has 0 bridgehead atoms. The summed E-state index contributed by atoms with van der Waals surface area (Å²) in [6.07, 6.45) is 2.50. The minimum atomic E-state index is 0.923. The summed E-state index contributed by atoms with van der Waals surface area (Å²) >= 11 is 0. The molecule has 1 N–H and O–H groups in total. The van der Waals surface area contributed by atoms with Crippen LogP contribution in [0.5, 0.6) is 5.75 Å². The number of nitrogens with one attached hydrogen (secondary N) is 1. The summed E-state index contributed by atoms with van der Waals surface area (Å²) in [5.41, 5.74) is 1.34. The highest BCUT2D eigenvalue weighted by Gasteiger charge is 2.00. The fourth-order valence-corrected chi connectivity index (χ4v) is 1.93. The highest BCUT2D eigenvalue weighted by Crippen LogP contribution is 2.12. The van der Waals surface area contributed by atoms with Gasteiger partial charge >= 0.3 is 0 Å². The van der Waals surface area contributed by atoms with Crippen LogP contribution in [-0.4, -0.2) is 38.7 Å². The lowest BCUT2D eigenvalue weighted by Gasteiger charge is -2.16. The molecule has 0 spiro atoms. The number of rotatable bonds is 9. The van der Waals surface area contributed by atoms with Gasteiger partial charge in [0.15, 0.2) is 0 Å². The molecule has 0 aliphatic heterocycles. The third-order valence-corrected chi connectivity index (χ3v) is 3.00. The second kappa shape index (κ2) is 8.95. The molecule has 0 aromatic heterocycles. The van der Waals surface area contributed by atoms with Gasteiger partial charge in [0.25, 0.3) is 0 Å². The van der Waals surface area contributed by atoms with Crippen LogP contribution in [0.4, 0.5) is 0 Å². The Morgan fingerprint density at radius 2 is 1.89 bits per heavy atom. The summed E-state index contributed by atoms with van der Waals surface area (Å²) in [5, 5.41) is 3.35. The van der Waals surface area contributed by atoms with Crippen LogP contribution in [-0.2, 0) is 6.54 Å². The second-order valence-electron chi connectivity index (χ2n) is 4.65. The Balaban J connectivity index is 2.20. The first-order chi connectivity index (χ1) is 8.76. The molecule has 0 amide bonds. The van der Waals surface area contributed by atoms with Gasteiger partial charge in [0.2, 0.25) is 0 Å². The molecule has 0 saturated carbocycles. The molecule has 0 radical (unpaired) electrons. The van der Waals surface area contributed by atoms with Crippen molar-refractivity contribution in [3.8, 4) is 5.75 Å². The molecule has 102 valence electrons. The van der Waals surface area contributed by atoms with Crippen molar-refractivity contribution in [2.45, 2.75) is 26.3 Å². The van der Waals surface area contributed by atoms with Crippen LogP contribution < -0.4 is 10.1 Å². The summed E-state index contributed by atoms with van der Waals surface area (Å²) in [7, 11) is 3.88. The van der Waals surface area contributed by atoms with Gasteiger partial charge in [-0.05, 0) is 57.2 Å². The van der Waals surface area contributed by atoms with Crippen LogP contribution in [0.3, 0.4) is 0 Å². The Bertz CT molecular complexity index is 311. The van der Waals surface area contributed by atoms with E-state index in [0.29, 0.717) is 0 Å². The third-order valence-electron chi connectivity index (χ3n) is 3.00. The topological polar surface area (TPSA) is 24.5 Å². The maximum Gasteiger partial charge on any atom is 0.118 e. The standard InChI is InChI=1S/C15H26N2O/c1-4-16-11-5-6-12-17(2)13-14-7-9-15(18-3)10-8-14/h7-10,16H,4-6,11-13H2,1-3H3. The maximum atomic E-state index is 5.16. The number of nitrogens with zero attached hydrogens (tertiary/aromatic N) is 1. The Hall–Kier alpha value is -1.06. The molecular formula is C15H26N2O. The summed E-state index contributed by atoms with van der Waals surface area (Å²) in [6.45, 7) is 6.51. The van der Waals surface area contributed by atoms with Crippen molar-refractivity contribution in [2.75, 3.05) is 33.8 Å². The van der Waals surface area contributed by atoms with E-state index in [1.165, 1.54) is 18.4 Å². The molecule has 18 heavy (non-hydrogen) atoms. The molecular weight excluding hydrogens is 224 g/mol. The van der Waals surface area contributed by atoms with E-state index in [9.17, 15) is 0 Å². The second-order valence-corrected chi connectivity index (χ2v) is 4.65. The molecule has 3 nitrogen and oxygen atoms in total. The molecule has 1 rings (SSSR count). The van der Waals surface area contributed by atoms with Crippen LogP contribution in [0.2, 0.25) is 0 Å². The zero-order chi connectivity index (χ0) is 13.2. The molecule has 0 fully saturated rings. The van der Waals surface area contributed by atoms with Crippen molar-refractivity contribution < 1.29 is 4.74 Å². The van der Waals surface area contributed by atoms with Crippen molar-refractivity contribution in [3.63, 3.8) is 0 Å². The average Bonchev–Trinajstić information content (AvgIpc) is 2.39. The Kier molecular flexibility index (Phi) is 7.46. The smallest absolute Gasteiger partial charge is 0.118 e. The zero-order valence-electron chi connectivity index (χ0n) is 11.9. The van der Waals surface area contributed by atoms with Gasteiger partial charge < -0.3 is 15.0 Å². The predicted molar refractivity (Wildman–Crippen MR) is 77.1 cm³/mol. The van der Waals surface area contributed by atoms with E-state index in [2.05, 4.69) is 36.3 Å². The van der Waals surface area contributed by atoms with E-state index >= 15 is 0 Å². The van der Waals surface area contributed by atoms with Crippen molar-refractivity contribution in [1.82, 2.24) is 10.2 Å². The van der Waals surface area contributed by atoms with E-state index in [-0.39, 0.29) is 0 Å². The molecule has 0 aliphatic carbocycles. The lowest BCUT2D eigenvalue weighted by Crippen LogP contribution is -2.21. The van der Waals surface area contributed by atoms with Crippen molar-refractivity contribution in [2.24, 2.45) is 0 Å². The predicted octanol–water partition coefficient (Wildman–Crippen LogP) is 2.52. The van der Waals surface area contributed by atoms with E-state index < -0.39 is 0 Å². The normalized spacial score (nSPS) is 10.9. The number of ether oxygens (including phenoxy) is 1. The summed E-state index contributed by atoms with van der Waals surface area (Å²) < 4.78 is 5.16. The largest absolute Gasteiger partial charge is 0.497 e. The first kappa shape index (κ1) is 15.0. The van der Waals surface area contributed by atoms with Crippen molar-refractivity contribution in [3.05, 3.63) is 29.8 Å². The average molecular weight is 250 g/mol. The molecule has 0 heterocycles. The van der Waals surface area contributed by atoms with Crippen molar-refractivity contribution >= 4 is 0 Å². The molecule has 3 heteroatoms. The number of hydrogen-bond acceptors (Lipinski definition) is 3. The van der Waals surface area contributed by atoms with Crippen LogP contribution in [0.25, 0.3) is 0 Å². The van der Waals surface area contributed by atoms with Gasteiger partial charge in [-0.3, -0.25) is 0 Å². The van der Waals surface area contributed by atoms with Gasteiger partial charge in [0, 0.05) is 6.54 Å². The van der Waals surface area contributed by atoms with E-state index in [0.717, 1.165) is 31.9 Å². The summed E-state index contributed by atoms with van der Waals surface area (Å²) in [4.78, 5) is 2.37. The quantitative estimate of drug-likeness (QED) is 0.682. The maximum absolute atomic E-state index is 5.16. The monoisotopic (exact) mass is 250 g/mol. The molecule has 1 aromatic carbocycles. The number of unbranched alkanes of at least 4 members (excludes halogenated alkanes) is 1. The van der Waals surface area contributed by atoms with E-state index in [1.54, 1.807) is 7.11 Å². The highest BCUT2D eigenvalue weighted by atomic mass is 16.5.